The molecule has 0 aliphatic heterocycles. The van der Waals surface area contributed by atoms with Crippen LogP contribution < -0.4 is 5.73 Å². The van der Waals surface area contributed by atoms with Crippen molar-refractivity contribution in [3.05, 3.63) is 4.77 Å². The molecule has 3 N–H and O–H groups in total. The van der Waals surface area contributed by atoms with E-state index in [1.54, 1.807) is 0 Å². The van der Waals surface area contributed by atoms with Gasteiger partial charge < -0.3 is 5.73 Å². The summed E-state index contributed by atoms with van der Waals surface area (Å²) in [5, 5.41) is 6.88. The lowest BCUT2D eigenvalue weighted by molar-refractivity contribution is 0.0838. The number of nitrogen functional groups attached to an aromatic ring is 1. The van der Waals surface area contributed by atoms with Gasteiger partial charge in [0.15, 0.2) is 4.77 Å². The third-order valence-electron chi connectivity index (χ3n) is 5.18. The zero-order valence-corrected chi connectivity index (χ0v) is 11.5. The molecule has 0 spiro atoms. The number of anilines is 1. The summed E-state index contributed by atoms with van der Waals surface area (Å²) < 4.78 is 2.71. The van der Waals surface area contributed by atoms with E-state index < -0.39 is 0 Å². The van der Waals surface area contributed by atoms with Crippen molar-refractivity contribution in [2.75, 3.05) is 5.73 Å². The fraction of sp³-hybridized carbons (Fsp3) is 0.833. The molecule has 2 saturated carbocycles. The van der Waals surface area contributed by atoms with Crippen LogP contribution in [0.25, 0.3) is 0 Å². The van der Waals surface area contributed by atoms with E-state index in [9.17, 15) is 0 Å². The van der Waals surface area contributed by atoms with Crippen molar-refractivity contribution in [2.45, 2.75) is 46.1 Å². The number of nitrogens with two attached hydrogens (primary N) is 1. The molecule has 2 fully saturated rings. The predicted octanol–water partition coefficient (Wildman–Crippen LogP) is 2.91. The molecule has 5 heteroatoms. The van der Waals surface area contributed by atoms with E-state index in [0.29, 0.717) is 22.2 Å². The number of aromatic nitrogens is 3. The van der Waals surface area contributed by atoms with Gasteiger partial charge in [0.05, 0.1) is 6.04 Å². The van der Waals surface area contributed by atoms with Crippen LogP contribution in [-0.4, -0.2) is 14.8 Å². The van der Waals surface area contributed by atoms with Crippen LogP contribution in [0.3, 0.4) is 0 Å². The lowest BCUT2D eigenvalue weighted by Gasteiger charge is -2.43. The number of hydrogen-bond acceptors (Lipinski definition) is 3. The summed E-state index contributed by atoms with van der Waals surface area (Å²) in [6, 6.07) is 0.375. The summed E-state index contributed by atoms with van der Waals surface area (Å²) in [4.78, 5) is 0. The highest BCUT2D eigenvalue weighted by Crippen LogP contribution is 2.68. The van der Waals surface area contributed by atoms with E-state index in [1.165, 1.54) is 19.3 Å². The average Bonchev–Trinajstić information content (AvgIpc) is 2.81. The van der Waals surface area contributed by atoms with E-state index in [4.69, 9.17) is 18.0 Å². The fourth-order valence-corrected chi connectivity index (χ4v) is 4.73. The van der Waals surface area contributed by atoms with Crippen LogP contribution in [0.4, 0.5) is 5.95 Å². The quantitative estimate of drug-likeness (QED) is 0.755. The topological polar surface area (TPSA) is 59.6 Å². The van der Waals surface area contributed by atoms with Crippen molar-refractivity contribution in [3.63, 3.8) is 0 Å². The Labute approximate surface area is 107 Å². The lowest BCUT2D eigenvalue weighted by atomic mass is 9.68. The molecule has 3 atom stereocenters. The van der Waals surface area contributed by atoms with Gasteiger partial charge in [-0.15, -0.1) is 5.10 Å². The first kappa shape index (κ1) is 11.3. The van der Waals surface area contributed by atoms with Gasteiger partial charge in [-0.25, -0.2) is 5.10 Å². The monoisotopic (exact) mass is 252 g/mol. The maximum atomic E-state index is 5.99. The van der Waals surface area contributed by atoms with Gasteiger partial charge in [-0.1, -0.05) is 20.8 Å². The number of rotatable bonds is 1. The summed E-state index contributed by atoms with van der Waals surface area (Å²) in [6.45, 7) is 7.07. The third-order valence-corrected chi connectivity index (χ3v) is 5.47. The van der Waals surface area contributed by atoms with E-state index in [1.807, 2.05) is 0 Å². The largest absolute Gasteiger partial charge is 0.368 e. The molecule has 0 aromatic carbocycles. The zero-order chi connectivity index (χ0) is 12.4. The molecule has 3 unspecified atom stereocenters. The molecule has 94 valence electrons. The van der Waals surface area contributed by atoms with Crippen LogP contribution in [0.15, 0.2) is 0 Å². The molecule has 2 aliphatic carbocycles. The Hall–Kier alpha value is -0.840. The van der Waals surface area contributed by atoms with Crippen molar-refractivity contribution in [1.29, 1.82) is 0 Å². The Morgan fingerprint density at radius 2 is 2.18 bits per heavy atom. The number of fused-ring (bicyclic) bond motifs is 2. The Kier molecular flexibility index (Phi) is 2.07. The normalized spacial score (nSPS) is 38.8. The SMILES string of the molecule is CC12CCC(C1)C(C)(C)C2n1c(N)n[nH]c1=S. The lowest BCUT2D eigenvalue weighted by Crippen LogP contribution is -2.37. The summed E-state index contributed by atoms with van der Waals surface area (Å²) in [6.07, 6.45) is 3.90. The Balaban J connectivity index is 2.18. The second-order valence-corrected chi connectivity index (χ2v) is 6.96. The Morgan fingerprint density at radius 1 is 1.47 bits per heavy atom. The van der Waals surface area contributed by atoms with Gasteiger partial charge in [-0.3, -0.25) is 4.57 Å². The van der Waals surface area contributed by atoms with Gasteiger partial charge in [0.1, 0.15) is 0 Å². The maximum absolute atomic E-state index is 5.99. The standard InChI is InChI=1S/C12H20N4S/c1-11(2)7-4-5-12(3,6-7)8(11)16-9(13)14-15-10(16)17/h7-8H,4-6H2,1-3H3,(H2,13,14)(H,15,17). The first-order chi connectivity index (χ1) is 7.86. The Morgan fingerprint density at radius 3 is 2.65 bits per heavy atom. The van der Waals surface area contributed by atoms with Gasteiger partial charge in [0, 0.05) is 0 Å². The van der Waals surface area contributed by atoms with Crippen molar-refractivity contribution in [1.82, 2.24) is 14.8 Å². The summed E-state index contributed by atoms with van der Waals surface area (Å²) >= 11 is 5.34. The van der Waals surface area contributed by atoms with Gasteiger partial charge in [0.25, 0.3) is 0 Å². The second kappa shape index (κ2) is 3.13. The highest BCUT2D eigenvalue weighted by molar-refractivity contribution is 7.71. The first-order valence-electron chi connectivity index (χ1n) is 6.29. The molecule has 17 heavy (non-hydrogen) atoms. The molecule has 4 nitrogen and oxygen atoms in total. The third kappa shape index (κ3) is 1.29. The number of aromatic amines is 1. The maximum Gasteiger partial charge on any atom is 0.220 e. The summed E-state index contributed by atoms with van der Waals surface area (Å²) in [5.74, 6) is 1.32. The average molecular weight is 252 g/mol. The summed E-state index contributed by atoms with van der Waals surface area (Å²) in [5.41, 5.74) is 6.56. The van der Waals surface area contributed by atoms with Crippen LogP contribution in [0.1, 0.15) is 46.1 Å². The molecule has 0 saturated heterocycles. The molecular weight excluding hydrogens is 232 g/mol. The molecule has 2 bridgehead atoms. The highest BCUT2D eigenvalue weighted by Gasteiger charge is 2.60. The Bertz CT molecular complexity index is 510. The summed E-state index contributed by atoms with van der Waals surface area (Å²) in [7, 11) is 0. The number of nitrogens with one attached hydrogen (secondary N) is 1. The molecule has 3 rings (SSSR count). The molecule has 1 aromatic heterocycles. The van der Waals surface area contributed by atoms with E-state index in [2.05, 4.69) is 35.5 Å². The van der Waals surface area contributed by atoms with Crippen LogP contribution >= 0.6 is 12.2 Å². The van der Waals surface area contributed by atoms with Crippen molar-refractivity contribution < 1.29 is 0 Å². The van der Waals surface area contributed by atoms with E-state index >= 15 is 0 Å². The van der Waals surface area contributed by atoms with Crippen LogP contribution in [0.2, 0.25) is 0 Å². The van der Waals surface area contributed by atoms with E-state index in [-0.39, 0.29) is 5.41 Å². The van der Waals surface area contributed by atoms with Crippen LogP contribution in [-0.2, 0) is 0 Å². The minimum absolute atomic E-state index is 0.253. The van der Waals surface area contributed by atoms with Gasteiger partial charge in [0.2, 0.25) is 5.95 Å². The molecule has 1 aromatic rings. The number of hydrogen-bond donors (Lipinski definition) is 2. The predicted molar refractivity (Wildman–Crippen MR) is 70.1 cm³/mol. The van der Waals surface area contributed by atoms with Gasteiger partial charge in [-0.05, 0) is 48.2 Å². The van der Waals surface area contributed by atoms with Gasteiger partial charge >= 0.3 is 0 Å². The van der Waals surface area contributed by atoms with Crippen molar-refractivity contribution in [3.8, 4) is 0 Å². The molecule has 2 aliphatic rings. The highest BCUT2D eigenvalue weighted by atomic mass is 32.1. The van der Waals surface area contributed by atoms with E-state index in [0.717, 1.165) is 5.92 Å². The fourth-order valence-electron chi connectivity index (χ4n) is 4.49. The number of nitrogens with zero attached hydrogens (tertiary/aromatic N) is 2. The zero-order valence-electron chi connectivity index (χ0n) is 10.7. The first-order valence-corrected chi connectivity index (χ1v) is 6.69. The van der Waals surface area contributed by atoms with Crippen molar-refractivity contribution >= 4 is 18.2 Å². The molecule has 0 amide bonds. The van der Waals surface area contributed by atoms with Crippen LogP contribution in [0, 0.1) is 21.5 Å². The smallest absolute Gasteiger partial charge is 0.220 e. The minimum Gasteiger partial charge on any atom is -0.368 e. The number of H-pyrrole nitrogens is 1. The minimum atomic E-state index is 0.253. The molecular formula is C12H20N4S. The second-order valence-electron chi connectivity index (χ2n) is 6.57. The molecule has 0 radical (unpaired) electrons. The molecule has 1 heterocycles. The van der Waals surface area contributed by atoms with Crippen LogP contribution in [0.5, 0.6) is 0 Å². The van der Waals surface area contributed by atoms with Gasteiger partial charge in [-0.2, -0.15) is 0 Å². The van der Waals surface area contributed by atoms with Crippen molar-refractivity contribution in [2.24, 2.45) is 16.7 Å².